The van der Waals surface area contributed by atoms with E-state index in [0.29, 0.717) is 43.0 Å². The number of piperazine rings is 1. The van der Waals surface area contributed by atoms with E-state index in [1.807, 2.05) is 41.3 Å². The molecule has 1 aromatic heterocycles. The molecule has 4 aliphatic rings. The van der Waals surface area contributed by atoms with E-state index in [9.17, 15) is 42.4 Å². The topological polar surface area (TPSA) is 202 Å². The molecule has 17 nitrogen and oxygen atoms in total. The van der Waals surface area contributed by atoms with Crippen LogP contribution in [0.3, 0.4) is 0 Å². The first kappa shape index (κ1) is 49.0. The van der Waals surface area contributed by atoms with Crippen molar-refractivity contribution in [2.45, 2.75) is 63.6 Å². The fraction of sp³-hybridized carbons (Fsp3) is 0.320. The summed E-state index contributed by atoms with van der Waals surface area (Å²) in [5.41, 5.74) is 0.943. The lowest BCUT2D eigenvalue weighted by atomic mass is 10.0. The van der Waals surface area contributed by atoms with E-state index in [0.717, 1.165) is 39.8 Å². The minimum absolute atomic E-state index is 0.00695. The fourth-order valence-electron chi connectivity index (χ4n) is 9.57. The number of fused-ring (bicyclic) bond motifs is 3. The normalized spacial score (nSPS) is 17.8. The van der Waals surface area contributed by atoms with E-state index < -0.39 is 78.1 Å². The van der Waals surface area contributed by atoms with Crippen molar-refractivity contribution in [1.29, 1.82) is 5.26 Å². The number of aromatic nitrogens is 2. The highest BCUT2D eigenvalue weighted by Gasteiger charge is 2.41. The third-order valence-electron chi connectivity index (χ3n) is 13.2. The molecule has 372 valence electrons. The smallest absolute Gasteiger partial charge is 0.416 e. The standard InChI is InChI=1S/C50H45ClF4N10O7/c1-27(46(68)64-20-19-63(23-31(64)15-17-56)44-33-16-18-62(25-37(33)59-49(61-44)71-2)38-8-4-6-28-5-3-7-35(51)42(28)38)26-72-40-13-10-30(50(53,54)55)21-36(40)58-48(70)57-22-29-9-11-32-34(43(29)52)24-65(47(32)69)39-12-14-41(66)60-45(39)67/h3-11,13,21,31,39H,1,12,14-16,18-20,22-26H2,2H3,(H2,57,58,70)(H,60,66,67). The van der Waals surface area contributed by atoms with Crippen LogP contribution in [0.15, 0.2) is 78.9 Å². The van der Waals surface area contributed by atoms with Crippen LogP contribution in [0.1, 0.15) is 57.6 Å². The Balaban J connectivity index is 0.850. The second-order valence-corrected chi connectivity index (χ2v) is 18.0. The van der Waals surface area contributed by atoms with Crippen molar-refractivity contribution < 1.29 is 51.0 Å². The Labute approximate surface area is 414 Å². The molecule has 2 atom stereocenters. The molecule has 0 aliphatic carbocycles. The first-order valence-corrected chi connectivity index (χ1v) is 23.2. The third-order valence-corrected chi connectivity index (χ3v) is 13.5. The van der Waals surface area contributed by atoms with Crippen LogP contribution in [0.5, 0.6) is 11.8 Å². The molecule has 5 aromatic rings. The zero-order chi connectivity index (χ0) is 51.0. The first-order chi connectivity index (χ1) is 34.5. The van der Waals surface area contributed by atoms with Crippen molar-refractivity contribution >= 4 is 69.2 Å². The van der Waals surface area contributed by atoms with Gasteiger partial charge in [0, 0.05) is 78.0 Å². The number of hydrogen-bond donors (Lipinski definition) is 3. The van der Waals surface area contributed by atoms with Crippen LogP contribution < -0.4 is 35.2 Å². The molecule has 4 aromatic carbocycles. The monoisotopic (exact) mass is 1010 g/mol. The van der Waals surface area contributed by atoms with Crippen molar-refractivity contribution in [3.8, 4) is 17.8 Å². The highest BCUT2D eigenvalue weighted by molar-refractivity contribution is 6.36. The van der Waals surface area contributed by atoms with Crippen molar-refractivity contribution in [3.05, 3.63) is 123 Å². The number of piperidine rings is 1. The summed E-state index contributed by atoms with van der Waals surface area (Å²) in [7, 11) is 1.48. The van der Waals surface area contributed by atoms with E-state index in [-0.39, 0.29) is 72.9 Å². The predicted octanol–water partition coefficient (Wildman–Crippen LogP) is 6.66. The number of rotatable bonds is 12. The zero-order valence-corrected chi connectivity index (χ0v) is 39.3. The molecule has 4 aliphatic heterocycles. The summed E-state index contributed by atoms with van der Waals surface area (Å²) >= 11 is 6.68. The molecule has 0 saturated carbocycles. The second-order valence-electron chi connectivity index (χ2n) is 17.6. The number of nitrogens with one attached hydrogen (secondary N) is 3. The number of halogens is 5. The molecule has 72 heavy (non-hydrogen) atoms. The molecule has 2 unspecified atom stereocenters. The van der Waals surface area contributed by atoms with Gasteiger partial charge in [-0.1, -0.05) is 48.5 Å². The highest BCUT2D eigenvalue weighted by atomic mass is 35.5. The van der Waals surface area contributed by atoms with Gasteiger partial charge < -0.3 is 39.7 Å². The number of amides is 6. The number of nitriles is 1. The Bertz CT molecular complexity index is 3110. The summed E-state index contributed by atoms with van der Waals surface area (Å²) in [4.78, 5) is 80.8. The van der Waals surface area contributed by atoms with E-state index in [1.165, 1.54) is 29.0 Å². The lowest BCUT2D eigenvalue weighted by molar-refractivity contribution is -0.138. The van der Waals surface area contributed by atoms with Gasteiger partial charge in [-0.25, -0.2) is 9.18 Å². The minimum Gasteiger partial charge on any atom is -0.487 e. The van der Waals surface area contributed by atoms with Crippen LogP contribution in [-0.2, 0) is 46.6 Å². The Morgan fingerprint density at radius 2 is 1.78 bits per heavy atom. The van der Waals surface area contributed by atoms with Gasteiger partial charge in [-0.3, -0.25) is 24.5 Å². The van der Waals surface area contributed by atoms with Crippen LogP contribution in [0, 0.1) is 17.1 Å². The number of carbonyl (C=O) groups excluding carboxylic acids is 5. The van der Waals surface area contributed by atoms with Crippen LogP contribution in [-0.4, -0.2) is 101 Å². The van der Waals surface area contributed by atoms with Gasteiger partial charge in [0.2, 0.25) is 11.8 Å². The second kappa shape index (κ2) is 20.0. The summed E-state index contributed by atoms with van der Waals surface area (Å²) in [6.07, 6.45) is -4.21. The molecule has 2 saturated heterocycles. The van der Waals surface area contributed by atoms with E-state index in [2.05, 4.69) is 33.5 Å². The lowest BCUT2D eigenvalue weighted by Crippen LogP contribution is -2.56. The number of nitrogens with zero attached hydrogens (tertiary/aromatic N) is 7. The third kappa shape index (κ3) is 9.73. The highest BCUT2D eigenvalue weighted by Crippen LogP contribution is 2.39. The molecule has 5 heterocycles. The maximum absolute atomic E-state index is 15.8. The summed E-state index contributed by atoms with van der Waals surface area (Å²) < 4.78 is 68.9. The summed E-state index contributed by atoms with van der Waals surface area (Å²) in [6.45, 7) is 4.45. The number of alkyl halides is 3. The van der Waals surface area contributed by atoms with Crippen LogP contribution in [0.4, 0.5) is 39.5 Å². The van der Waals surface area contributed by atoms with Gasteiger partial charge in [0.25, 0.3) is 11.8 Å². The maximum Gasteiger partial charge on any atom is 0.416 e. The van der Waals surface area contributed by atoms with Crippen molar-refractivity contribution in [1.82, 2.24) is 30.4 Å². The number of imide groups is 1. The fourth-order valence-corrected chi connectivity index (χ4v) is 9.85. The largest absolute Gasteiger partial charge is 0.487 e. The van der Waals surface area contributed by atoms with Gasteiger partial charge in [-0.05, 0) is 54.6 Å². The molecule has 6 amide bonds. The Hall–Kier alpha value is -7.99. The quantitative estimate of drug-likeness (QED) is 0.0683. The van der Waals surface area contributed by atoms with Gasteiger partial charge >= 0.3 is 18.2 Å². The molecule has 0 bridgehead atoms. The van der Waals surface area contributed by atoms with Crippen molar-refractivity contribution in [2.24, 2.45) is 0 Å². The number of benzene rings is 4. The molecule has 0 spiro atoms. The molecule has 9 rings (SSSR count). The van der Waals surface area contributed by atoms with Gasteiger partial charge in [0.05, 0.1) is 60.7 Å². The molecule has 2 fully saturated rings. The van der Waals surface area contributed by atoms with Crippen LogP contribution >= 0.6 is 11.6 Å². The van der Waals surface area contributed by atoms with Gasteiger partial charge in [-0.2, -0.15) is 28.4 Å². The first-order valence-electron chi connectivity index (χ1n) is 22.8. The lowest BCUT2D eigenvalue weighted by Gasteiger charge is -2.42. The SMILES string of the molecule is C=C(COc1ccc(C(F)(F)F)cc1NC(=O)NCc1ccc2c(c1F)CN(C1CCC(=O)NC1=O)C2=O)C(=O)N1CCN(c2nc(OC)nc3c2CCN(c2cccc4cccc(Cl)c24)C3)CC1CC#N. The number of anilines is 3. The molecular weight excluding hydrogens is 964 g/mol. The summed E-state index contributed by atoms with van der Waals surface area (Å²) in [5, 5.41) is 19.4. The Morgan fingerprint density at radius 3 is 2.53 bits per heavy atom. The Kier molecular flexibility index (Phi) is 13.6. The molecule has 0 radical (unpaired) electrons. The van der Waals surface area contributed by atoms with Crippen molar-refractivity contribution in [2.75, 3.05) is 55.0 Å². The number of methoxy groups -OCH3 is 1. The maximum atomic E-state index is 15.8. The van der Waals surface area contributed by atoms with E-state index in [4.69, 9.17) is 31.0 Å². The van der Waals surface area contributed by atoms with E-state index >= 15 is 4.39 Å². The van der Waals surface area contributed by atoms with Gasteiger partial charge in [-0.15, -0.1) is 0 Å². The number of hydrogen-bond acceptors (Lipinski definition) is 12. The minimum atomic E-state index is -4.82. The Morgan fingerprint density at radius 1 is 0.986 bits per heavy atom. The number of carbonyl (C=O) groups is 5. The van der Waals surface area contributed by atoms with Gasteiger partial charge in [0.15, 0.2) is 0 Å². The number of urea groups is 1. The van der Waals surface area contributed by atoms with Gasteiger partial charge in [0.1, 0.15) is 30.0 Å². The van der Waals surface area contributed by atoms with Crippen LogP contribution in [0.2, 0.25) is 5.02 Å². The average Bonchev–Trinajstić information content (AvgIpc) is 3.70. The summed E-state index contributed by atoms with van der Waals surface area (Å²) in [5.74, 6) is -2.75. The molecular formula is C50H45ClF4N10O7. The molecule has 3 N–H and O–H groups in total. The zero-order valence-electron chi connectivity index (χ0n) is 38.6. The van der Waals surface area contributed by atoms with Crippen molar-refractivity contribution in [3.63, 3.8) is 0 Å². The van der Waals surface area contributed by atoms with Crippen LogP contribution in [0.25, 0.3) is 10.8 Å². The number of ether oxygens (including phenoxy) is 2. The predicted molar refractivity (Wildman–Crippen MR) is 255 cm³/mol. The average molecular weight is 1010 g/mol. The molecule has 22 heteroatoms. The van der Waals surface area contributed by atoms with E-state index in [1.54, 1.807) is 0 Å². The summed E-state index contributed by atoms with van der Waals surface area (Å²) in [6, 6.07) is 16.4.